The minimum atomic E-state index is 0.332. The molecule has 0 radical (unpaired) electrons. The van der Waals surface area contributed by atoms with E-state index in [2.05, 4.69) is 28.7 Å². The Balaban J connectivity index is 2.37. The molecule has 4 nitrogen and oxygen atoms in total. The molecular weight excluding hydrogens is 248 g/mol. The lowest BCUT2D eigenvalue weighted by Gasteiger charge is -2.23. The van der Waals surface area contributed by atoms with Gasteiger partial charge in [0.25, 0.3) is 0 Å². The van der Waals surface area contributed by atoms with Gasteiger partial charge in [-0.15, -0.1) is 0 Å². The van der Waals surface area contributed by atoms with Crippen molar-refractivity contribution < 1.29 is 0 Å². The van der Waals surface area contributed by atoms with Crippen LogP contribution in [0.25, 0.3) is 11.3 Å². The molecule has 1 aromatic heterocycles. The van der Waals surface area contributed by atoms with Crippen LogP contribution in [0.1, 0.15) is 26.7 Å². The van der Waals surface area contributed by atoms with Crippen molar-refractivity contribution in [2.75, 3.05) is 23.7 Å². The molecule has 4 heteroatoms. The van der Waals surface area contributed by atoms with Gasteiger partial charge < -0.3 is 10.6 Å². The van der Waals surface area contributed by atoms with E-state index in [0.29, 0.717) is 5.95 Å². The summed E-state index contributed by atoms with van der Waals surface area (Å²) in [6.07, 6.45) is 2.18. The first-order valence-electron chi connectivity index (χ1n) is 7.19. The summed E-state index contributed by atoms with van der Waals surface area (Å²) in [5, 5.41) is 0. The number of rotatable bonds is 6. The number of nitrogens with zero attached hydrogens (tertiary/aromatic N) is 3. The van der Waals surface area contributed by atoms with Crippen molar-refractivity contribution in [2.45, 2.75) is 26.7 Å². The minimum Gasteiger partial charge on any atom is -0.368 e. The predicted molar refractivity (Wildman–Crippen MR) is 84.7 cm³/mol. The average Bonchev–Trinajstić information content (AvgIpc) is 2.47. The fourth-order valence-electron chi connectivity index (χ4n) is 2.25. The number of benzene rings is 1. The second kappa shape index (κ2) is 6.89. The molecule has 0 aliphatic rings. The van der Waals surface area contributed by atoms with Gasteiger partial charge in [0.2, 0.25) is 5.95 Å². The summed E-state index contributed by atoms with van der Waals surface area (Å²) in [6.45, 7) is 6.31. The van der Waals surface area contributed by atoms with E-state index in [0.717, 1.165) is 43.0 Å². The predicted octanol–water partition coefficient (Wildman–Crippen LogP) is 3.35. The van der Waals surface area contributed by atoms with E-state index in [1.807, 2.05) is 36.4 Å². The molecule has 20 heavy (non-hydrogen) atoms. The van der Waals surface area contributed by atoms with Crippen LogP contribution < -0.4 is 10.6 Å². The fourth-order valence-corrected chi connectivity index (χ4v) is 2.25. The standard InChI is InChI=1S/C16H22N4/c1-3-10-20(11-4-2)15-12-14(18-16(17)19-15)13-8-6-5-7-9-13/h5-9,12H,3-4,10-11H2,1-2H3,(H2,17,18,19). The van der Waals surface area contributed by atoms with Crippen molar-refractivity contribution in [3.8, 4) is 11.3 Å². The Morgan fingerprint density at radius 3 is 2.25 bits per heavy atom. The van der Waals surface area contributed by atoms with Gasteiger partial charge in [0.15, 0.2) is 0 Å². The first kappa shape index (κ1) is 14.3. The van der Waals surface area contributed by atoms with Gasteiger partial charge in [-0.1, -0.05) is 44.2 Å². The molecule has 2 aromatic rings. The van der Waals surface area contributed by atoms with Crippen molar-refractivity contribution in [1.29, 1.82) is 0 Å². The molecule has 0 saturated carbocycles. The molecule has 0 spiro atoms. The van der Waals surface area contributed by atoms with Gasteiger partial charge in [-0.25, -0.2) is 4.98 Å². The Morgan fingerprint density at radius 2 is 1.65 bits per heavy atom. The van der Waals surface area contributed by atoms with E-state index >= 15 is 0 Å². The van der Waals surface area contributed by atoms with E-state index in [-0.39, 0.29) is 0 Å². The zero-order valence-electron chi connectivity index (χ0n) is 12.2. The Labute approximate surface area is 120 Å². The summed E-state index contributed by atoms with van der Waals surface area (Å²) in [6, 6.07) is 12.1. The molecule has 2 rings (SSSR count). The quantitative estimate of drug-likeness (QED) is 0.874. The topological polar surface area (TPSA) is 55.0 Å². The third kappa shape index (κ3) is 3.47. The van der Waals surface area contributed by atoms with Gasteiger partial charge in [0.1, 0.15) is 5.82 Å². The summed E-state index contributed by atoms with van der Waals surface area (Å²) < 4.78 is 0. The highest BCUT2D eigenvalue weighted by Gasteiger charge is 2.10. The largest absolute Gasteiger partial charge is 0.368 e. The molecule has 0 unspecified atom stereocenters. The minimum absolute atomic E-state index is 0.332. The first-order valence-corrected chi connectivity index (χ1v) is 7.19. The van der Waals surface area contributed by atoms with Crippen LogP contribution in [-0.2, 0) is 0 Å². The number of aromatic nitrogens is 2. The summed E-state index contributed by atoms with van der Waals surface area (Å²) in [5.41, 5.74) is 7.82. The van der Waals surface area contributed by atoms with E-state index in [1.165, 1.54) is 0 Å². The maximum atomic E-state index is 5.88. The lowest BCUT2D eigenvalue weighted by atomic mass is 10.1. The number of nitrogen functional groups attached to an aromatic ring is 1. The van der Waals surface area contributed by atoms with E-state index in [4.69, 9.17) is 5.73 Å². The van der Waals surface area contributed by atoms with Crippen LogP contribution in [0, 0.1) is 0 Å². The van der Waals surface area contributed by atoms with Crippen LogP contribution in [0.3, 0.4) is 0 Å². The highest BCUT2D eigenvalue weighted by Crippen LogP contribution is 2.22. The lowest BCUT2D eigenvalue weighted by molar-refractivity contribution is 0.734. The molecule has 2 N–H and O–H groups in total. The van der Waals surface area contributed by atoms with Crippen LogP contribution in [0.4, 0.5) is 11.8 Å². The molecule has 106 valence electrons. The van der Waals surface area contributed by atoms with Crippen LogP contribution >= 0.6 is 0 Å². The number of hydrogen-bond donors (Lipinski definition) is 1. The molecule has 0 aliphatic carbocycles. The van der Waals surface area contributed by atoms with Gasteiger partial charge in [-0.2, -0.15) is 4.98 Å². The van der Waals surface area contributed by atoms with Crippen LogP contribution in [0.5, 0.6) is 0 Å². The molecular formula is C16H22N4. The molecule has 1 heterocycles. The Kier molecular flexibility index (Phi) is 4.93. The molecule has 0 aliphatic heterocycles. The summed E-state index contributed by atoms with van der Waals surface area (Å²) in [7, 11) is 0. The SMILES string of the molecule is CCCN(CCC)c1cc(-c2ccccc2)nc(N)n1. The second-order valence-corrected chi connectivity index (χ2v) is 4.82. The first-order chi connectivity index (χ1) is 9.74. The van der Waals surface area contributed by atoms with Gasteiger partial charge in [-0.05, 0) is 12.8 Å². The van der Waals surface area contributed by atoms with Gasteiger partial charge in [0, 0.05) is 24.7 Å². The van der Waals surface area contributed by atoms with Crippen molar-refractivity contribution in [3.63, 3.8) is 0 Å². The molecule has 0 saturated heterocycles. The van der Waals surface area contributed by atoms with Crippen molar-refractivity contribution in [3.05, 3.63) is 36.4 Å². The highest BCUT2D eigenvalue weighted by molar-refractivity contribution is 5.64. The van der Waals surface area contributed by atoms with E-state index in [1.54, 1.807) is 0 Å². The van der Waals surface area contributed by atoms with E-state index in [9.17, 15) is 0 Å². The number of hydrogen-bond acceptors (Lipinski definition) is 4. The van der Waals surface area contributed by atoms with Gasteiger partial charge in [0.05, 0.1) is 5.69 Å². The van der Waals surface area contributed by atoms with Crippen LogP contribution in [0.15, 0.2) is 36.4 Å². The van der Waals surface area contributed by atoms with Gasteiger partial charge >= 0.3 is 0 Å². The highest BCUT2D eigenvalue weighted by atomic mass is 15.2. The maximum absolute atomic E-state index is 5.88. The monoisotopic (exact) mass is 270 g/mol. The molecule has 0 bridgehead atoms. The normalized spacial score (nSPS) is 10.5. The Morgan fingerprint density at radius 1 is 1.00 bits per heavy atom. The molecule has 0 atom stereocenters. The van der Waals surface area contributed by atoms with Crippen molar-refractivity contribution in [2.24, 2.45) is 0 Å². The Hall–Kier alpha value is -2.10. The fraction of sp³-hybridized carbons (Fsp3) is 0.375. The summed E-state index contributed by atoms with van der Waals surface area (Å²) >= 11 is 0. The number of nitrogens with two attached hydrogens (primary N) is 1. The molecule has 1 aromatic carbocycles. The summed E-state index contributed by atoms with van der Waals surface area (Å²) in [4.78, 5) is 11.0. The van der Waals surface area contributed by atoms with Crippen molar-refractivity contribution >= 4 is 11.8 Å². The lowest BCUT2D eigenvalue weighted by Crippen LogP contribution is -2.26. The zero-order chi connectivity index (χ0) is 14.4. The summed E-state index contributed by atoms with van der Waals surface area (Å²) in [5.74, 6) is 1.25. The third-order valence-corrected chi connectivity index (χ3v) is 3.11. The maximum Gasteiger partial charge on any atom is 0.222 e. The van der Waals surface area contributed by atoms with Crippen molar-refractivity contribution in [1.82, 2.24) is 9.97 Å². The third-order valence-electron chi connectivity index (χ3n) is 3.11. The van der Waals surface area contributed by atoms with Crippen LogP contribution in [0.2, 0.25) is 0 Å². The number of anilines is 2. The van der Waals surface area contributed by atoms with E-state index < -0.39 is 0 Å². The second-order valence-electron chi connectivity index (χ2n) is 4.82. The zero-order valence-corrected chi connectivity index (χ0v) is 12.2. The smallest absolute Gasteiger partial charge is 0.222 e. The Bertz CT molecular complexity index is 533. The van der Waals surface area contributed by atoms with Crippen LogP contribution in [-0.4, -0.2) is 23.1 Å². The molecule has 0 fully saturated rings. The molecule has 0 amide bonds. The average molecular weight is 270 g/mol. The van der Waals surface area contributed by atoms with Gasteiger partial charge in [-0.3, -0.25) is 0 Å².